The van der Waals surface area contributed by atoms with Gasteiger partial charge in [-0.2, -0.15) is 0 Å². The fraction of sp³-hybridized carbons (Fsp3) is 0.476. The van der Waals surface area contributed by atoms with Crippen LogP contribution in [0.5, 0.6) is 0 Å². The van der Waals surface area contributed by atoms with Gasteiger partial charge in [0.15, 0.2) is 0 Å². The number of aryl methyl sites for hydroxylation is 1. The number of amides is 1. The summed E-state index contributed by atoms with van der Waals surface area (Å²) >= 11 is 5.89. The average Bonchev–Trinajstić information content (AvgIpc) is 3.35. The van der Waals surface area contributed by atoms with Gasteiger partial charge < -0.3 is 5.32 Å². The normalized spacial score (nSPS) is 20.9. The fourth-order valence-electron chi connectivity index (χ4n) is 4.24. The lowest BCUT2D eigenvalue weighted by Crippen LogP contribution is -2.30. The number of hydrogen-bond acceptors (Lipinski definition) is 4. The molecule has 1 atom stereocenters. The van der Waals surface area contributed by atoms with E-state index in [-0.39, 0.29) is 5.91 Å². The van der Waals surface area contributed by atoms with Gasteiger partial charge in [0.05, 0.1) is 11.3 Å². The van der Waals surface area contributed by atoms with Crippen LogP contribution < -0.4 is 5.32 Å². The van der Waals surface area contributed by atoms with Crippen molar-refractivity contribution < 1.29 is 4.79 Å². The predicted molar refractivity (Wildman–Crippen MR) is 107 cm³/mol. The summed E-state index contributed by atoms with van der Waals surface area (Å²) < 4.78 is 0. The molecule has 1 aromatic heterocycles. The van der Waals surface area contributed by atoms with Crippen LogP contribution in [0.1, 0.15) is 59.9 Å². The summed E-state index contributed by atoms with van der Waals surface area (Å²) in [7, 11) is 0. The summed E-state index contributed by atoms with van der Waals surface area (Å²) in [4.78, 5) is 24.4. The molecule has 0 radical (unpaired) electrons. The van der Waals surface area contributed by atoms with Crippen LogP contribution in [0.25, 0.3) is 0 Å². The lowest BCUT2D eigenvalue weighted by Gasteiger charge is -2.23. The summed E-state index contributed by atoms with van der Waals surface area (Å²) in [6, 6.07) is 7.81. The van der Waals surface area contributed by atoms with Crippen LogP contribution in [0.4, 0.5) is 5.69 Å². The van der Waals surface area contributed by atoms with E-state index in [9.17, 15) is 4.79 Å². The molecule has 1 N–H and O–H groups in total. The topological polar surface area (TPSA) is 58.1 Å². The maximum absolute atomic E-state index is 12.5. The second kappa shape index (κ2) is 7.95. The third-order valence-corrected chi connectivity index (χ3v) is 6.02. The van der Waals surface area contributed by atoms with Gasteiger partial charge in [-0.25, -0.2) is 9.97 Å². The minimum atomic E-state index is -0.194. The third kappa shape index (κ3) is 4.14. The van der Waals surface area contributed by atoms with Gasteiger partial charge >= 0.3 is 0 Å². The van der Waals surface area contributed by atoms with Gasteiger partial charge in [0.1, 0.15) is 5.82 Å². The zero-order valence-electron chi connectivity index (χ0n) is 15.6. The molecule has 2 fully saturated rings. The first-order valence-electron chi connectivity index (χ1n) is 9.74. The van der Waals surface area contributed by atoms with E-state index in [0.717, 1.165) is 37.1 Å². The minimum Gasteiger partial charge on any atom is -0.322 e. The summed E-state index contributed by atoms with van der Waals surface area (Å²) in [6.07, 6.45) is 8.15. The second-order valence-corrected chi connectivity index (χ2v) is 8.04. The number of aromatic nitrogens is 2. The molecule has 2 heterocycles. The van der Waals surface area contributed by atoms with E-state index in [1.807, 2.05) is 6.92 Å². The zero-order chi connectivity index (χ0) is 18.8. The maximum Gasteiger partial charge on any atom is 0.259 e. The van der Waals surface area contributed by atoms with E-state index in [0.29, 0.717) is 22.2 Å². The van der Waals surface area contributed by atoms with Gasteiger partial charge in [-0.3, -0.25) is 9.69 Å². The van der Waals surface area contributed by atoms with Crippen LogP contribution in [-0.4, -0.2) is 39.9 Å². The first-order valence-corrected chi connectivity index (χ1v) is 10.1. The van der Waals surface area contributed by atoms with Gasteiger partial charge in [-0.05, 0) is 57.0 Å². The molecule has 142 valence electrons. The second-order valence-electron chi connectivity index (χ2n) is 7.61. The van der Waals surface area contributed by atoms with Crippen LogP contribution >= 0.6 is 11.6 Å². The van der Waals surface area contributed by atoms with Crippen LogP contribution in [0.2, 0.25) is 5.02 Å². The molecule has 1 aromatic carbocycles. The Balaban J connectivity index is 1.43. The molecule has 5 nitrogen and oxygen atoms in total. The van der Waals surface area contributed by atoms with Crippen LogP contribution in [0.15, 0.2) is 30.5 Å². The largest absolute Gasteiger partial charge is 0.322 e. The fourth-order valence-corrected chi connectivity index (χ4v) is 4.36. The molecule has 2 aliphatic rings. The molecule has 2 aromatic rings. The number of halogens is 1. The number of likely N-dealkylation sites (tertiary alicyclic amines) is 1. The Hall–Kier alpha value is -1.98. The van der Waals surface area contributed by atoms with Crippen molar-refractivity contribution >= 4 is 23.2 Å². The van der Waals surface area contributed by atoms with Crippen LogP contribution in [0, 0.1) is 6.92 Å². The zero-order valence-corrected chi connectivity index (χ0v) is 16.4. The molecule has 4 rings (SSSR count). The van der Waals surface area contributed by atoms with Crippen molar-refractivity contribution in [3.05, 3.63) is 52.6 Å². The first kappa shape index (κ1) is 18.4. The van der Waals surface area contributed by atoms with E-state index in [4.69, 9.17) is 11.6 Å². The number of carbonyl (C=O) groups is 1. The number of anilines is 1. The summed E-state index contributed by atoms with van der Waals surface area (Å²) in [6.45, 7) is 4.06. The van der Waals surface area contributed by atoms with Crippen molar-refractivity contribution in [2.45, 2.75) is 51.0 Å². The van der Waals surface area contributed by atoms with Crippen molar-refractivity contribution in [1.82, 2.24) is 14.9 Å². The van der Waals surface area contributed by atoms with Crippen LogP contribution in [-0.2, 0) is 0 Å². The van der Waals surface area contributed by atoms with Gasteiger partial charge in [0, 0.05) is 35.4 Å². The van der Waals surface area contributed by atoms with E-state index in [1.165, 1.54) is 25.7 Å². The number of hydrogen-bond donors (Lipinski definition) is 1. The number of carbonyl (C=O) groups excluding carboxylic acids is 1. The quantitative estimate of drug-likeness (QED) is 0.847. The summed E-state index contributed by atoms with van der Waals surface area (Å²) in [5, 5.41) is 3.51. The number of nitrogens with one attached hydrogen (secondary N) is 1. The molecule has 1 saturated carbocycles. The van der Waals surface area contributed by atoms with Gasteiger partial charge in [0.25, 0.3) is 5.91 Å². The average molecular weight is 385 g/mol. The highest BCUT2D eigenvalue weighted by molar-refractivity contribution is 6.30. The summed E-state index contributed by atoms with van der Waals surface area (Å²) in [5.74, 6) is 1.05. The van der Waals surface area contributed by atoms with E-state index < -0.39 is 0 Å². The van der Waals surface area contributed by atoms with Crippen molar-refractivity contribution in [2.75, 3.05) is 18.4 Å². The molecule has 1 unspecified atom stereocenters. The standard InChI is InChI=1S/C21H25ClN4O/c1-14-19(21(27)25-17-8-6-16(22)7-9-17)12-23-20(24-14)15-10-11-26(13-15)18-4-2-3-5-18/h6-9,12,15,18H,2-5,10-11,13H2,1H3,(H,25,27). The van der Waals surface area contributed by atoms with Crippen molar-refractivity contribution in [3.8, 4) is 0 Å². The smallest absolute Gasteiger partial charge is 0.259 e. The van der Waals surface area contributed by atoms with Crippen molar-refractivity contribution in [3.63, 3.8) is 0 Å². The minimum absolute atomic E-state index is 0.194. The lowest BCUT2D eigenvalue weighted by molar-refractivity contribution is 0.102. The Bertz CT molecular complexity index is 817. The Kier molecular flexibility index (Phi) is 5.41. The Morgan fingerprint density at radius 1 is 1.19 bits per heavy atom. The Morgan fingerprint density at radius 2 is 1.93 bits per heavy atom. The van der Waals surface area contributed by atoms with Gasteiger partial charge in [0.2, 0.25) is 0 Å². The maximum atomic E-state index is 12.5. The Morgan fingerprint density at radius 3 is 2.63 bits per heavy atom. The molecular formula is C21H25ClN4O. The predicted octanol–water partition coefficient (Wildman–Crippen LogP) is 4.42. The Labute approximate surface area is 165 Å². The lowest BCUT2D eigenvalue weighted by atomic mass is 10.1. The number of benzene rings is 1. The molecule has 0 spiro atoms. The number of rotatable bonds is 4. The SMILES string of the molecule is Cc1nc(C2CCN(C3CCCC3)C2)ncc1C(=O)Nc1ccc(Cl)cc1. The molecule has 1 aliphatic carbocycles. The van der Waals surface area contributed by atoms with Crippen LogP contribution in [0.3, 0.4) is 0 Å². The molecule has 0 bridgehead atoms. The molecule has 27 heavy (non-hydrogen) atoms. The molecule has 1 saturated heterocycles. The van der Waals surface area contributed by atoms with Gasteiger partial charge in [-0.15, -0.1) is 0 Å². The highest BCUT2D eigenvalue weighted by atomic mass is 35.5. The molecule has 6 heteroatoms. The molecular weight excluding hydrogens is 360 g/mol. The number of nitrogens with zero attached hydrogens (tertiary/aromatic N) is 3. The first-order chi connectivity index (χ1) is 13.1. The van der Waals surface area contributed by atoms with E-state index in [2.05, 4.69) is 20.2 Å². The third-order valence-electron chi connectivity index (χ3n) is 5.77. The molecule has 1 amide bonds. The van der Waals surface area contributed by atoms with Crippen molar-refractivity contribution in [2.24, 2.45) is 0 Å². The van der Waals surface area contributed by atoms with E-state index >= 15 is 0 Å². The van der Waals surface area contributed by atoms with Crippen molar-refractivity contribution in [1.29, 1.82) is 0 Å². The highest BCUT2D eigenvalue weighted by Crippen LogP contribution is 2.32. The monoisotopic (exact) mass is 384 g/mol. The summed E-state index contributed by atoms with van der Waals surface area (Å²) in [5.41, 5.74) is 1.95. The van der Waals surface area contributed by atoms with Gasteiger partial charge in [-0.1, -0.05) is 24.4 Å². The van der Waals surface area contributed by atoms with E-state index in [1.54, 1.807) is 30.5 Å². The molecule has 1 aliphatic heterocycles. The highest BCUT2D eigenvalue weighted by Gasteiger charge is 2.32.